The van der Waals surface area contributed by atoms with E-state index in [1.807, 2.05) is 13.8 Å². The van der Waals surface area contributed by atoms with Crippen LogP contribution in [0, 0.1) is 11.3 Å². The van der Waals surface area contributed by atoms with Crippen LogP contribution in [0.2, 0.25) is 0 Å². The van der Waals surface area contributed by atoms with Crippen LogP contribution in [0.15, 0.2) is 18.2 Å². The van der Waals surface area contributed by atoms with E-state index in [0.717, 1.165) is 19.3 Å². The summed E-state index contributed by atoms with van der Waals surface area (Å²) < 4.78 is 5.67. The molecule has 23 heavy (non-hydrogen) atoms. The van der Waals surface area contributed by atoms with Gasteiger partial charge in [0.1, 0.15) is 5.75 Å². The minimum Gasteiger partial charge on any atom is -0.489 e. The molecule has 0 spiro atoms. The van der Waals surface area contributed by atoms with Gasteiger partial charge in [0.05, 0.1) is 35.4 Å². The second-order valence-electron chi connectivity index (χ2n) is 6.50. The minimum absolute atomic E-state index is 0.0406. The fourth-order valence-electron chi connectivity index (χ4n) is 2.93. The number of nitriles is 1. The molecule has 0 bridgehead atoms. The average molecular weight is 316 g/mol. The van der Waals surface area contributed by atoms with Crippen LogP contribution in [0.4, 0.5) is 5.69 Å². The number of aliphatic hydroxyl groups is 1. The van der Waals surface area contributed by atoms with Crippen molar-refractivity contribution < 1.29 is 14.6 Å². The summed E-state index contributed by atoms with van der Waals surface area (Å²) in [6.07, 6.45) is 4.37. The first-order valence-electron chi connectivity index (χ1n) is 8.15. The number of hydrogen-bond acceptors (Lipinski definition) is 4. The molecule has 0 saturated heterocycles. The molecule has 0 aliphatic heterocycles. The van der Waals surface area contributed by atoms with E-state index in [1.54, 1.807) is 18.2 Å². The number of nitrogens with one attached hydrogen (secondary N) is 1. The Morgan fingerprint density at radius 2 is 2.09 bits per heavy atom. The van der Waals surface area contributed by atoms with E-state index in [1.165, 1.54) is 0 Å². The van der Waals surface area contributed by atoms with Crippen LogP contribution in [-0.4, -0.2) is 22.7 Å². The number of carbonyl (C=O) groups excluding carboxylic acids is 1. The van der Waals surface area contributed by atoms with Gasteiger partial charge in [0.15, 0.2) is 0 Å². The number of carbonyl (C=O) groups is 1. The Labute approximate surface area is 137 Å². The summed E-state index contributed by atoms with van der Waals surface area (Å²) in [5.41, 5.74) is 0.0174. The molecule has 5 nitrogen and oxygen atoms in total. The molecule has 1 amide bonds. The van der Waals surface area contributed by atoms with Crippen molar-refractivity contribution in [3.63, 3.8) is 0 Å². The molecule has 0 radical (unpaired) electrons. The van der Waals surface area contributed by atoms with Crippen LogP contribution in [0.25, 0.3) is 0 Å². The van der Waals surface area contributed by atoms with Gasteiger partial charge in [0, 0.05) is 0 Å². The molecular weight excluding hydrogens is 292 g/mol. The molecule has 1 aromatic carbocycles. The van der Waals surface area contributed by atoms with Crippen molar-refractivity contribution in [2.45, 2.75) is 64.1 Å². The lowest BCUT2D eigenvalue weighted by Gasteiger charge is -2.31. The summed E-state index contributed by atoms with van der Waals surface area (Å²) in [5.74, 6) is 0.279. The maximum Gasteiger partial charge on any atom is 0.227 e. The van der Waals surface area contributed by atoms with Crippen molar-refractivity contribution in [1.29, 1.82) is 5.26 Å². The zero-order valence-electron chi connectivity index (χ0n) is 13.8. The van der Waals surface area contributed by atoms with Gasteiger partial charge in [-0.2, -0.15) is 5.26 Å². The molecule has 1 fully saturated rings. The van der Waals surface area contributed by atoms with Crippen molar-refractivity contribution in [2.24, 2.45) is 0 Å². The molecule has 2 N–H and O–H groups in total. The van der Waals surface area contributed by atoms with Crippen LogP contribution in [0.1, 0.15) is 57.9 Å². The normalized spacial score (nSPS) is 16.7. The number of benzene rings is 1. The SMILES string of the molecule is CC(C)Oc1ccc(C#N)cc1NC(=O)CC1(O)CCCCC1. The Morgan fingerprint density at radius 3 is 2.70 bits per heavy atom. The van der Waals surface area contributed by atoms with Crippen molar-refractivity contribution in [2.75, 3.05) is 5.32 Å². The molecule has 0 atom stereocenters. The second kappa shape index (κ2) is 7.47. The predicted molar refractivity (Wildman–Crippen MR) is 88.2 cm³/mol. The monoisotopic (exact) mass is 316 g/mol. The van der Waals surface area contributed by atoms with Crippen molar-refractivity contribution >= 4 is 11.6 Å². The van der Waals surface area contributed by atoms with Gasteiger partial charge < -0.3 is 15.2 Å². The molecule has 1 aliphatic rings. The predicted octanol–water partition coefficient (Wildman–Crippen LogP) is 3.37. The number of nitrogens with zero attached hydrogens (tertiary/aromatic N) is 1. The maximum absolute atomic E-state index is 12.3. The van der Waals surface area contributed by atoms with E-state index < -0.39 is 5.60 Å². The summed E-state index contributed by atoms with van der Waals surface area (Å²) in [7, 11) is 0. The number of hydrogen-bond donors (Lipinski definition) is 2. The summed E-state index contributed by atoms with van der Waals surface area (Å²) in [4.78, 5) is 12.3. The highest BCUT2D eigenvalue weighted by Gasteiger charge is 2.31. The number of amides is 1. The van der Waals surface area contributed by atoms with Crippen molar-refractivity contribution in [1.82, 2.24) is 0 Å². The van der Waals surface area contributed by atoms with Gasteiger partial charge in [-0.1, -0.05) is 19.3 Å². The first-order valence-corrected chi connectivity index (χ1v) is 8.15. The molecule has 5 heteroatoms. The van der Waals surface area contributed by atoms with Gasteiger partial charge in [0.25, 0.3) is 0 Å². The molecule has 124 valence electrons. The third-order valence-electron chi connectivity index (χ3n) is 4.02. The van der Waals surface area contributed by atoms with Gasteiger partial charge in [-0.3, -0.25) is 4.79 Å². The minimum atomic E-state index is -0.908. The van der Waals surface area contributed by atoms with Crippen molar-refractivity contribution in [3.8, 4) is 11.8 Å². The third kappa shape index (κ3) is 4.97. The first-order chi connectivity index (χ1) is 10.9. The highest BCUT2D eigenvalue weighted by Crippen LogP contribution is 2.32. The molecule has 0 aromatic heterocycles. The van der Waals surface area contributed by atoms with Gasteiger partial charge in [-0.05, 0) is 44.9 Å². The standard InChI is InChI=1S/C18H24N2O3/c1-13(2)23-16-7-6-14(12-19)10-15(16)20-17(21)11-18(22)8-4-3-5-9-18/h6-7,10,13,22H,3-5,8-9,11H2,1-2H3,(H,20,21). The Hall–Kier alpha value is -2.06. The maximum atomic E-state index is 12.3. The van der Waals surface area contributed by atoms with E-state index in [2.05, 4.69) is 11.4 Å². The van der Waals surface area contributed by atoms with E-state index in [0.29, 0.717) is 29.8 Å². The first kappa shape index (κ1) is 17.3. The van der Waals surface area contributed by atoms with Crippen LogP contribution in [0.3, 0.4) is 0 Å². The Kier molecular flexibility index (Phi) is 5.62. The lowest BCUT2D eigenvalue weighted by molar-refractivity contribution is -0.122. The van der Waals surface area contributed by atoms with Gasteiger partial charge >= 0.3 is 0 Å². The quantitative estimate of drug-likeness (QED) is 0.872. The van der Waals surface area contributed by atoms with Gasteiger partial charge in [-0.15, -0.1) is 0 Å². The fraction of sp³-hybridized carbons (Fsp3) is 0.556. The number of ether oxygens (including phenoxy) is 1. The number of rotatable bonds is 5. The third-order valence-corrected chi connectivity index (χ3v) is 4.02. The lowest BCUT2D eigenvalue weighted by Crippen LogP contribution is -2.36. The Bertz CT molecular complexity index is 599. The molecule has 1 aromatic rings. The van der Waals surface area contributed by atoms with Crippen molar-refractivity contribution in [3.05, 3.63) is 23.8 Å². The second-order valence-corrected chi connectivity index (χ2v) is 6.50. The topological polar surface area (TPSA) is 82.3 Å². The smallest absolute Gasteiger partial charge is 0.227 e. The summed E-state index contributed by atoms with van der Waals surface area (Å²) in [6.45, 7) is 3.79. The summed E-state index contributed by atoms with van der Waals surface area (Å²) in [5, 5.41) is 22.3. The zero-order chi connectivity index (χ0) is 16.9. The number of anilines is 1. The molecule has 1 aliphatic carbocycles. The highest BCUT2D eigenvalue weighted by molar-refractivity contribution is 5.93. The largest absolute Gasteiger partial charge is 0.489 e. The van der Waals surface area contributed by atoms with Gasteiger partial charge in [-0.25, -0.2) is 0 Å². The van der Waals surface area contributed by atoms with Crippen LogP contribution in [0.5, 0.6) is 5.75 Å². The average Bonchev–Trinajstić information content (AvgIpc) is 2.48. The van der Waals surface area contributed by atoms with Gasteiger partial charge in [0.2, 0.25) is 5.91 Å². The Balaban J connectivity index is 2.11. The lowest BCUT2D eigenvalue weighted by atomic mass is 9.82. The molecular formula is C18H24N2O3. The zero-order valence-corrected chi connectivity index (χ0v) is 13.8. The molecule has 1 saturated carbocycles. The molecule has 0 unspecified atom stereocenters. The summed E-state index contributed by atoms with van der Waals surface area (Å²) >= 11 is 0. The van der Waals surface area contributed by atoms with Crippen LogP contribution < -0.4 is 10.1 Å². The van der Waals surface area contributed by atoms with E-state index >= 15 is 0 Å². The van der Waals surface area contributed by atoms with Crippen LogP contribution >= 0.6 is 0 Å². The van der Waals surface area contributed by atoms with E-state index in [-0.39, 0.29) is 18.4 Å². The van der Waals surface area contributed by atoms with E-state index in [9.17, 15) is 9.90 Å². The molecule has 0 heterocycles. The highest BCUT2D eigenvalue weighted by atomic mass is 16.5. The fourth-order valence-corrected chi connectivity index (χ4v) is 2.93. The van der Waals surface area contributed by atoms with E-state index in [4.69, 9.17) is 10.00 Å². The summed E-state index contributed by atoms with van der Waals surface area (Å²) in [6, 6.07) is 6.99. The molecule has 2 rings (SSSR count). The Morgan fingerprint density at radius 1 is 1.39 bits per heavy atom. The van der Waals surface area contributed by atoms with Crippen LogP contribution in [-0.2, 0) is 4.79 Å².